The molecule has 0 radical (unpaired) electrons. The Labute approximate surface area is 181 Å². The summed E-state index contributed by atoms with van der Waals surface area (Å²) < 4.78 is 5.79. The molecule has 2 rings (SSSR count). The molecule has 0 aliphatic heterocycles. The SMILES string of the molecule is CC(C)CNC(=S)C=CC=CCCCCCCCOc1ccc2ccccc2n1. The molecule has 3 nitrogen and oxygen atoms in total. The summed E-state index contributed by atoms with van der Waals surface area (Å²) in [5, 5.41) is 4.38. The number of rotatable bonds is 13. The lowest BCUT2D eigenvalue weighted by atomic mass is 10.1. The third-order valence-electron chi connectivity index (χ3n) is 4.52. The number of allylic oxidation sites excluding steroid dienone is 3. The summed E-state index contributed by atoms with van der Waals surface area (Å²) >= 11 is 5.25. The van der Waals surface area contributed by atoms with Gasteiger partial charge in [0.2, 0.25) is 5.88 Å². The standard InChI is InChI=1S/C25H34N2OS/c1-21(2)20-26-25(29)16-10-8-6-4-3-5-7-9-13-19-28-24-18-17-22-14-11-12-15-23(22)27-24/h6,8,10-12,14-18,21H,3-5,7,9,13,19-20H2,1-2H3,(H,26,29). The first kappa shape index (κ1) is 23.1. The van der Waals surface area contributed by atoms with Crippen molar-refractivity contribution in [2.45, 2.75) is 52.4 Å². The molecule has 2 aromatic rings. The third-order valence-corrected chi connectivity index (χ3v) is 4.80. The molecule has 1 aromatic carbocycles. The van der Waals surface area contributed by atoms with Crippen LogP contribution in [0.4, 0.5) is 0 Å². The smallest absolute Gasteiger partial charge is 0.213 e. The van der Waals surface area contributed by atoms with E-state index < -0.39 is 0 Å². The van der Waals surface area contributed by atoms with Gasteiger partial charge in [-0.25, -0.2) is 4.98 Å². The number of fused-ring (bicyclic) bond motifs is 1. The zero-order valence-corrected chi connectivity index (χ0v) is 18.6. The van der Waals surface area contributed by atoms with Crippen LogP contribution in [0.2, 0.25) is 0 Å². The van der Waals surface area contributed by atoms with Crippen molar-refractivity contribution in [3.05, 3.63) is 60.7 Å². The maximum Gasteiger partial charge on any atom is 0.213 e. The Morgan fingerprint density at radius 3 is 2.69 bits per heavy atom. The summed E-state index contributed by atoms with van der Waals surface area (Å²) in [6.07, 6.45) is 15.4. The van der Waals surface area contributed by atoms with Gasteiger partial charge in [0, 0.05) is 18.0 Å². The zero-order chi connectivity index (χ0) is 20.7. The Morgan fingerprint density at radius 2 is 1.83 bits per heavy atom. The number of unbranched alkanes of at least 4 members (excludes halogenated alkanes) is 5. The van der Waals surface area contributed by atoms with Gasteiger partial charge in [0.1, 0.15) is 0 Å². The van der Waals surface area contributed by atoms with Gasteiger partial charge >= 0.3 is 0 Å². The molecule has 156 valence electrons. The van der Waals surface area contributed by atoms with Gasteiger partial charge in [0.05, 0.1) is 17.1 Å². The number of hydrogen-bond acceptors (Lipinski definition) is 3. The van der Waals surface area contributed by atoms with E-state index in [2.05, 4.69) is 48.4 Å². The molecule has 29 heavy (non-hydrogen) atoms. The average Bonchev–Trinajstić information content (AvgIpc) is 2.73. The van der Waals surface area contributed by atoms with Crippen molar-refractivity contribution < 1.29 is 4.74 Å². The Bertz CT molecular complexity index is 798. The number of benzene rings is 1. The fourth-order valence-corrected chi connectivity index (χ4v) is 3.04. The second kappa shape index (κ2) is 13.9. The van der Waals surface area contributed by atoms with Crippen LogP contribution in [0, 0.1) is 5.92 Å². The van der Waals surface area contributed by atoms with Crippen molar-refractivity contribution in [3.8, 4) is 5.88 Å². The molecular weight excluding hydrogens is 376 g/mol. The van der Waals surface area contributed by atoms with E-state index in [4.69, 9.17) is 17.0 Å². The molecule has 1 N–H and O–H groups in total. The molecule has 0 aliphatic carbocycles. The highest BCUT2D eigenvalue weighted by atomic mass is 32.1. The van der Waals surface area contributed by atoms with Crippen LogP contribution in [0.1, 0.15) is 52.4 Å². The number of para-hydroxylation sites is 1. The Balaban J connectivity index is 1.46. The van der Waals surface area contributed by atoms with Gasteiger partial charge in [-0.15, -0.1) is 0 Å². The Hall–Kier alpha value is -2.20. The number of hydrogen-bond donors (Lipinski definition) is 1. The zero-order valence-electron chi connectivity index (χ0n) is 17.8. The Kier molecular flexibility index (Phi) is 11.1. The molecule has 0 bridgehead atoms. The maximum atomic E-state index is 5.79. The maximum absolute atomic E-state index is 5.79. The number of thiocarbonyl (C=S) groups is 1. The lowest BCUT2D eigenvalue weighted by Crippen LogP contribution is -2.23. The highest BCUT2D eigenvalue weighted by Crippen LogP contribution is 2.16. The lowest BCUT2D eigenvalue weighted by Gasteiger charge is -2.06. The van der Waals surface area contributed by atoms with E-state index in [0.29, 0.717) is 5.92 Å². The van der Waals surface area contributed by atoms with Crippen LogP contribution < -0.4 is 10.1 Å². The summed E-state index contributed by atoms with van der Waals surface area (Å²) in [4.78, 5) is 5.35. The topological polar surface area (TPSA) is 34.1 Å². The van der Waals surface area contributed by atoms with Gasteiger partial charge in [0.25, 0.3) is 0 Å². The number of nitrogens with one attached hydrogen (secondary N) is 1. The molecule has 0 atom stereocenters. The van der Waals surface area contributed by atoms with Gasteiger partial charge in [-0.1, -0.05) is 81.8 Å². The van der Waals surface area contributed by atoms with Crippen LogP contribution in [0.5, 0.6) is 5.88 Å². The fourth-order valence-electron chi connectivity index (χ4n) is 2.88. The molecule has 0 amide bonds. The van der Waals surface area contributed by atoms with Crippen molar-refractivity contribution in [1.29, 1.82) is 0 Å². The summed E-state index contributed by atoms with van der Waals surface area (Å²) in [7, 11) is 0. The van der Waals surface area contributed by atoms with E-state index in [1.54, 1.807) is 0 Å². The molecule has 1 heterocycles. The largest absolute Gasteiger partial charge is 0.478 e. The van der Waals surface area contributed by atoms with E-state index in [0.717, 1.165) is 47.8 Å². The quantitative estimate of drug-likeness (QED) is 0.174. The van der Waals surface area contributed by atoms with Gasteiger partial charge in [0.15, 0.2) is 0 Å². The van der Waals surface area contributed by atoms with Crippen molar-refractivity contribution in [2.75, 3.05) is 13.2 Å². The number of ether oxygens (including phenoxy) is 1. The van der Waals surface area contributed by atoms with Crippen LogP contribution >= 0.6 is 12.2 Å². The van der Waals surface area contributed by atoms with Crippen LogP contribution in [0.3, 0.4) is 0 Å². The molecule has 1 aromatic heterocycles. The summed E-state index contributed by atoms with van der Waals surface area (Å²) in [5.41, 5.74) is 0.988. The molecule has 0 saturated carbocycles. The monoisotopic (exact) mass is 410 g/mol. The van der Waals surface area contributed by atoms with Crippen molar-refractivity contribution >= 4 is 28.1 Å². The van der Waals surface area contributed by atoms with Crippen LogP contribution in [-0.2, 0) is 0 Å². The molecule has 0 aliphatic rings. The predicted octanol–water partition coefficient (Wildman–Crippen LogP) is 6.64. The van der Waals surface area contributed by atoms with Crippen molar-refractivity contribution in [2.24, 2.45) is 5.92 Å². The summed E-state index contributed by atoms with van der Waals surface area (Å²) in [6, 6.07) is 12.1. The van der Waals surface area contributed by atoms with Crippen molar-refractivity contribution in [3.63, 3.8) is 0 Å². The number of nitrogens with zero attached hydrogens (tertiary/aromatic N) is 1. The van der Waals surface area contributed by atoms with Crippen LogP contribution in [0.15, 0.2) is 60.7 Å². The van der Waals surface area contributed by atoms with Gasteiger partial charge < -0.3 is 10.1 Å². The minimum Gasteiger partial charge on any atom is -0.478 e. The number of pyridine rings is 1. The van der Waals surface area contributed by atoms with E-state index in [9.17, 15) is 0 Å². The molecular formula is C25H34N2OS. The second-order valence-electron chi connectivity index (χ2n) is 7.67. The second-order valence-corrected chi connectivity index (χ2v) is 8.11. The minimum absolute atomic E-state index is 0.610. The van der Waals surface area contributed by atoms with Gasteiger partial charge in [-0.3, -0.25) is 0 Å². The minimum atomic E-state index is 0.610. The van der Waals surface area contributed by atoms with E-state index in [-0.39, 0.29) is 0 Å². The fraction of sp³-hybridized carbons (Fsp3) is 0.440. The molecule has 0 unspecified atom stereocenters. The highest BCUT2D eigenvalue weighted by molar-refractivity contribution is 7.80. The molecule has 0 spiro atoms. The summed E-state index contributed by atoms with van der Waals surface area (Å²) in [6.45, 7) is 6.01. The van der Waals surface area contributed by atoms with Gasteiger partial charge in [-0.05, 0) is 43.4 Å². The molecule has 0 saturated heterocycles. The normalized spacial score (nSPS) is 11.7. The summed E-state index contributed by atoms with van der Waals surface area (Å²) in [5.74, 6) is 1.33. The first-order valence-electron chi connectivity index (χ1n) is 10.7. The van der Waals surface area contributed by atoms with E-state index >= 15 is 0 Å². The Morgan fingerprint density at radius 1 is 1.03 bits per heavy atom. The van der Waals surface area contributed by atoms with Crippen molar-refractivity contribution in [1.82, 2.24) is 10.3 Å². The lowest BCUT2D eigenvalue weighted by molar-refractivity contribution is 0.294. The predicted molar refractivity (Wildman–Crippen MR) is 129 cm³/mol. The first-order valence-corrected chi connectivity index (χ1v) is 11.2. The molecule has 4 heteroatoms. The van der Waals surface area contributed by atoms with Crippen LogP contribution in [0.25, 0.3) is 10.9 Å². The van der Waals surface area contributed by atoms with E-state index in [1.807, 2.05) is 36.4 Å². The third kappa shape index (κ3) is 10.2. The number of aromatic nitrogens is 1. The average molecular weight is 411 g/mol. The van der Waals surface area contributed by atoms with Gasteiger partial charge in [-0.2, -0.15) is 0 Å². The highest BCUT2D eigenvalue weighted by Gasteiger charge is 1.99. The van der Waals surface area contributed by atoms with E-state index in [1.165, 1.54) is 25.7 Å². The van der Waals surface area contributed by atoms with Crippen LogP contribution in [-0.4, -0.2) is 23.1 Å². The molecule has 0 fully saturated rings. The first-order chi connectivity index (χ1) is 14.1.